The lowest BCUT2D eigenvalue weighted by atomic mass is 9.84. The molecule has 0 aromatic rings. The summed E-state index contributed by atoms with van der Waals surface area (Å²) in [5, 5.41) is 2.80. The van der Waals surface area contributed by atoms with Gasteiger partial charge in [0.15, 0.2) is 0 Å². The summed E-state index contributed by atoms with van der Waals surface area (Å²) in [6, 6.07) is -0.258. The molecule has 1 rings (SSSR count). The molecule has 17 heavy (non-hydrogen) atoms. The number of piperazine rings is 1. The molecule has 1 aliphatic heterocycles. The van der Waals surface area contributed by atoms with E-state index in [4.69, 9.17) is 0 Å². The third kappa shape index (κ3) is 3.20. The molecule has 2 amide bonds. The highest BCUT2D eigenvalue weighted by atomic mass is 16.2. The lowest BCUT2D eigenvalue weighted by molar-refractivity contribution is -0.149. The number of nitrogens with zero attached hydrogens (tertiary/aromatic N) is 1. The molecule has 1 fully saturated rings. The molecule has 1 heterocycles. The summed E-state index contributed by atoms with van der Waals surface area (Å²) in [5.41, 5.74) is -0.239. The molecule has 1 aliphatic rings. The molecule has 0 aromatic heterocycles. The average molecular weight is 240 g/mol. The molecule has 2 atom stereocenters. The third-order valence-electron chi connectivity index (χ3n) is 3.25. The number of amides is 2. The highest BCUT2D eigenvalue weighted by Gasteiger charge is 2.41. The molecular weight excluding hydrogens is 216 g/mol. The van der Waals surface area contributed by atoms with E-state index in [1.807, 2.05) is 27.7 Å². The number of nitrogens with one attached hydrogen (secondary N) is 1. The molecular formula is C13H24N2O2. The van der Waals surface area contributed by atoms with E-state index in [1.165, 1.54) is 0 Å². The van der Waals surface area contributed by atoms with Gasteiger partial charge in [0.1, 0.15) is 6.04 Å². The summed E-state index contributed by atoms with van der Waals surface area (Å²) < 4.78 is 0. The zero-order valence-corrected chi connectivity index (χ0v) is 11.5. The van der Waals surface area contributed by atoms with Crippen LogP contribution in [0.25, 0.3) is 0 Å². The number of hydrogen-bond acceptors (Lipinski definition) is 2. The fourth-order valence-electron chi connectivity index (χ4n) is 2.20. The second-order valence-electron chi connectivity index (χ2n) is 5.97. The van der Waals surface area contributed by atoms with E-state index in [0.29, 0.717) is 0 Å². The first kappa shape index (κ1) is 14.0. The van der Waals surface area contributed by atoms with Gasteiger partial charge in [0.25, 0.3) is 0 Å². The van der Waals surface area contributed by atoms with Crippen LogP contribution in [0.1, 0.15) is 47.5 Å². The fraction of sp³-hybridized carbons (Fsp3) is 0.846. The van der Waals surface area contributed by atoms with Crippen molar-refractivity contribution in [2.24, 2.45) is 5.41 Å². The summed E-state index contributed by atoms with van der Waals surface area (Å²) in [7, 11) is 0. The quantitative estimate of drug-likeness (QED) is 0.813. The maximum absolute atomic E-state index is 12.3. The van der Waals surface area contributed by atoms with Gasteiger partial charge in [0.05, 0.1) is 6.54 Å². The topological polar surface area (TPSA) is 49.4 Å². The fourth-order valence-corrected chi connectivity index (χ4v) is 2.20. The van der Waals surface area contributed by atoms with E-state index in [0.717, 1.165) is 12.8 Å². The van der Waals surface area contributed by atoms with Gasteiger partial charge in [-0.2, -0.15) is 0 Å². The Kier molecular flexibility index (Phi) is 4.17. The van der Waals surface area contributed by atoms with Crippen LogP contribution in [0.15, 0.2) is 0 Å². The Morgan fingerprint density at radius 3 is 2.47 bits per heavy atom. The first-order valence-corrected chi connectivity index (χ1v) is 6.37. The minimum Gasteiger partial charge on any atom is -0.342 e. The van der Waals surface area contributed by atoms with E-state index in [9.17, 15) is 9.59 Å². The Morgan fingerprint density at radius 2 is 2.00 bits per heavy atom. The van der Waals surface area contributed by atoms with E-state index in [2.05, 4.69) is 12.2 Å². The molecule has 0 aliphatic carbocycles. The largest absolute Gasteiger partial charge is 0.342 e. The second kappa shape index (κ2) is 5.07. The van der Waals surface area contributed by atoms with Crippen LogP contribution in [0, 0.1) is 5.41 Å². The van der Waals surface area contributed by atoms with Crippen LogP contribution in [0.4, 0.5) is 0 Å². The Bertz CT molecular complexity index is 307. The predicted molar refractivity (Wildman–Crippen MR) is 67.5 cm³/mol. The molecule has 0 spiro atoms. The number of hydrogen-bond donors (Lipinski definition) is 1. The Morgan fingerprint density at radius 1 is 1.41 bits per heavy atom. The molecule has 4 heteroatoms. The van der Waals surface area contributed by atoms with Gasteiger partial charge in [-0.1, -0.05) is 34.1 Å². The molecule has 98 valence electrons. The standard InChI is InChI=1S/C13H24N2O2/c1-6-7-9(2)15-8-10(16)14-11(12(15)17)13(3,4)5/h9,11H,6-8H2,1-5H3,(H,14,16). The van der Waals surface area contributed by atoms with Gasteiger partial charge >= 0.3 is 0 Å². The van der Waals surface area contributed by atoms with Crippen LogP contribution in [-0.2, 0) is 9.59 Å². The summed E-state index contributed by atoms with van der Waals surface area (Å²) in [4.78, 5) is 25.7. The van der Waals surface area contributed by atoms with Gasteiger partial charge in [-0.25, -0.2) is 0 Å². The first-order valence-electron chi connectivity index (χ1n) is 6.37. The van der Waals surface area contributed by atoms with Gasteiger partial charge in [-0.05, 0) is 18.8 Å². The minimum atomic E-state index is -0.400. The van der Waals surface area contributed by atoms with Gasteiger partial charge in [0.2, 0.25) is 11.8 Å². The maximum atomic E-state index is 12.3. The maximum Gasteiger partial charge on any atom is 0.246 e. The average Bonchev–Trinajstić information content (AvgIpc) is 2.19. The third-order valence-corrected chi connectivity index (χ3v) is 3.25. The van der Waals surface area contributed by atoms with Crippen molar-refractivity contribution in [3.8, 4) is 0 Å². The molecule has 0 radical (unpaired) electrons. The van der Waals surface area contributed by atoms with Crippen LogP contribution in [-0.4, -0.2) is 35.3 Å². The highest BCUT2D eigenvalue weighted by molar-refractivity contribution is 5.95. The van der Waals surface area contributed by atoms with Crippen molar-refractivity contribution in [3.63, 3.8) is 0 Å². The van der Waals surface area contributed by atoms with Crippen molar-refractivity contribution in [1.82, 2.24) is 10.2 Å². The summed E-state index contributed by atoms with van der Waals surface area (Å²) in [6.07, 6.45) is 1.96. The van der Waals surface area contributed by atoms with Crippen molar-refractivity contribution >= 4 is 11.8 Å². The van der Waals surface area contributed by atoms with E-state index in [1.54, 1.807) is 4.90 Å². The monoisotopic (exact) mass is 240 g/mol. The molecule has 0 bridgehead atoms. The minimum absolute atomic E-state index is 0.0486. The molecule has 1 saturated heterocycles. The van der Waals surface area contributed by atoms with Crippen molar-refractivity contribution in [2.45, 2.75) is 59.5 Å². The van der Waals surface area contributed by atoms with Crippen molar-refractivity contribution in [1.29, 1.82) is 0 Å². The van der Waals surface area contributed by atoms with E-state index < -0.39 is 6.04 Å². The number of carbonyl (C=O) groups excluding carboxylic acids is 2. The predicted octanol–water partition coefficient (Wildman–Crippen LogP) is 1.55. The summed E-state index contributed by atoms with van der Waals surface area (Å²) in [5.74, 6) is 0.00512. The van der Waals surface area contributed by atoms with Gasteiger partial charge in [-0.15, -0.1) is 0 Å². The van der Waals surface area contributed by atoms with Crippen LogP contribution < -0.4 is 5.32 Å². The van der Waals surface area contributed by atoms with E-state index in [-0.39, 0.29) is 29.8 Å². The van der Waals surface area contributed by atoms with Crippen LogP contribution in [0.2, 0.25) is 0 Å². The lowest BCUT2D eigenvalue weighted by Gasteiger charge is -2.41. The Hall–Kier alpha value is -1.06. The van der Waals surface area contributed by atoms with Crippen molar-refractivity contribution in [3.05, 3.63) is 0 Å². The summed E-state index contributed by atoms with van der Waals surface area (Å²) in [6.45, 7) is 10.2. The lowest BCUT2D eigenvalue weighted by Crippen LogP contribution is -2.63. The zero-order valence-electron chi connectivity index (χ0n) is 11.5. The van der Waals surface area contributed by atoms with Gasteiger partial charge < -0.3 is 10.2 Å². The Balaban J connectivity index is 2.86. The van der Waals surface area contributed by atoms with Gasteiger partial charge in [-0.3, -0.25) is 9.59 Å². The van der Waals surface area contributed by atoms with Crippen LogP contribution in [0.5, 0.6) is 0 Å². The van der Waals surface area contributed by atoms with Crippen LogP contribution >= 0.6 is 0 Å². The summed E-state index contributed by atoms with van der Waals surface area (Å²) >= 11 is 0. The second-order valence-corrected chi connectivity index (χ2v) is 5.97. The van der Waals surface area contributed by atoms with Crippen LogP contribution in [0.3, 0.4) is 0 Å². The molecule has 0 aromatic carbocycles. The highest BCUT2D eigenvalue weighted by Crippen LogP contribution is 2.24. The van der Waals surface area contributed by atoms with Gasteiger partial charge in [0, 0.05) is 6.04 Å². The molecule has 4 nitrogen and oxygen atoms in total. The molecule has 0 saturated carbocycles. The Labute approximate surface area is 104 Å². The normalized spacial score (nSPS) is 23.6. The van der Waals surface area contributed by atoms with Crippen molar-refractivity contribution in [2.75, 3.05) is 6.54 Å². The molecule has 1 N–H and O–H groups in total. The van der Waals surface area contributed by atoms with Crippen molar-refractivity contribution < 1.29 is 9.59 Å². The zero-order chi connectivity index (χ0) is 13.2. The molecule has 2 unspecified atom stereocenters. The van der Waals surface area contributed by atoms with E-state index >= 15 is 0 Å². The number of carbonyl (C=O) groups is 2. The smallest absolute Gasteiger partial charge is 0.246 e. The number of rotatable bonds is 3. The SMILES string of the molecule is CCCC(C)N1CC(=O)NC(C(C)(C)C)C1=O. The first-order chi connectivity index (χ1) is 7.77.